The summed E-state index contributed by atoms with van der Waals surface area (Å²) >= 11 is 5.25. The molecule has 0 amide bonds. The number of carbonyl (C=O) groups excluding carboxylic acids is 1. The zero-order valence-electron chi connectivity index (χ0n) is 8.46. The Morgan fingerprint density at radius 3 is 2.44 bits per heavy atom. The SMILES string of the molecule is COc1nc(C(F)F)cc(C(=O)Cl)c1OC. The molecular formula is C9H8ClF2NO3. The molecule has 1 heterocycles. The zero-order chi connectivity index (χ0) is 12.3. The van der Waals surface area contributed by atoms with Crippen molar-refractivity contribution in [2.45, 2.75) is 6.43 Å². The minimum atomic E-state index is -2.82. The van der Waals surface area contributed by atoms with Crippen LogP contribution in [0.2, 0.25) is 0 Å². The summed E-state index contributed by atoms with van der Waals surface area (Å²) in [6.07, 6.45) is -2.82. The van der Waals surface area contributed by atoms with Crippen LogP contribution in [0.5, 0.6) is 11.6 Å². The molecule has 7 heteroatoms. The fourth-order valence-corrected chi connectivity index (χ4v) is 1.26. The van der Waals surface area contributed by atoms with E-state index >= 15 is 0 Å². The van der Waals surface area contributed by atoms with Gasteiger partial charge in [-0.2, -0.15) is 0 Å². The summed E-state index contributed by atoms with van der Waals surface area (Å²) in [6.45, 7) is 0. The number of carbonyl (C=O) groups is 1. The third-order valence-corrected chi connectivity index (χ3v) is 2.00. The van der Waals surface area contributed by atoms with Crippen LogP contribution in [-0.2, 0) is 0 Å². The van der Waals surface area contributed by atoms with Gasteiger partial charge in [0.05, 0.1) is 19.8 Å². The molecule has 0 atom stereocenters. The van der Waals surface area contributed by atoms with Crippen LogP contribution in [0, 0.1) is 0 Å². The Balaban J connectivity index is 3.43. The quantitative estimate of drug-likeness (QED) is 0.771. The molecule has 4 nitrogen and oxygen atoms in total. The van der Waals surface area contributed by atoms with E-state index < -0.39 is 17.4 Å². The van der Waals surface area contributed by atoms with Gasteiger partial charge >= 0.3 is 0 Å². The first kappa shape index (κ1) is 12.6. The van der Waals surface area contributed by atoms with Gasteiger partial charge in [-0.05, 0) is 17.7 Å². The van der Waals surface area contributed by atoms with E-state index in [4.69, 9.17) is 21.1 Å². The molecule has 0 aliphatic heterocycles. The molecule has 0 aromatic carbocycles. The average Bonchev–Trinajstić information content (AvgIpc) is 2.26. The Morgan fingerprint density at radius 2 is 2.06 bits per heavy atom. The summed E-state index contributed by atoms with van der Waals surface area (Å²) in [7, 11) is 2.48. The maximum Gasteiger partial charge on any atom is 0.280 e. The highest BCUT2D eigenvalue weighted by atomic mass is 35.5. The molecule has 0 fully saturated rings. The first-order valence-electron chi connectivity index (χ1n) is 4.12. The van der Waals surface area contributed by atoms with Crippen LogP contribution in [0.4, 0.5) is 8.78 Å². The van der Waals surface area contributed by atoms with Crippen molar-refractivity contribution in [3.05, 3.63) is 17.3 Å². The van der Waals surface area contributed by atoms with Gasteiger partial charge in [-0.3, -0.25) is 4.79 Å². The number of hydrogen-bond acceptors (Lipinski definition) is 4. The van der Waals surface area contributed by atoms with Crippen LogP contribution in [0.25, 0.3) is 0 Å². The van der Waals surface area contributed by atoms with E-state index in [0.717, 1.165) is 6.07 Å². The monoisotopic (exact) mass is 251 g/mol. The van der Waals surface area contributed by atoms with Gasteiger partial charge in [0, 0.05) is 0 Å². The Bertz CT molecular complexity index is 412. The van der Waals surface area contributed by atoms with E-state index in [9.17, 15) is 13.6 Å². The third kappa shape index (κ3) is 2.38. The highest BCUT2D eigenvalue weighted by Crippen LogP contribution is 2.33. The Kier molecular flexibility index (Phi) is 4.00. The van der Waals surface area contributed by atoms with Gasteiger partial charge in [-0.25, -0.2) is 13.8 Å². The molecular weight excluding hydrogens is 244 g/mol. The Hall–Kier alpha value is -1.43. The molecule has 0 N–H and O–H groups in total. The molecule has 1 aromatic rings. The first-order chi connectivity index (χ1) is 7.51. The molecule has 0 unspecified atom stereocenters. The van der Waals surface area contributed by atoms with E-state index in [1.165, 1.54) is 14.2 Å². The number of halogens is 3. The molecule has 0 saturated carbocycles. The topological polar surface area (TPSA) is 48.4 Å². The van der Waals surface area contributed by atoms with Crippen molar-refractivity contribution in [3.63, 3.8) is 0 Å². The lowest BCUT2D eigenvalue weighted by molar-refractivity contribution is 0.107. The van der Waals surface area contributed by atoms with E-state index in [-0.39, 0.29) is 17.2 Å². The number of nitrogens with zero attached hydrogens (tertiary/aromatic N) is 1. The van der Waals surface area contributed by atoms with E-state index in [1.807, 2.05) is 0 Å². The highest BCUT2D eigenvalue weighted by Gasteiger charge is 2.21. The van der Waals surface area contributed by atoms with Gasteiger partial charge < -0.3 is 9.47 Å². The van der Waals surface area contributed by atoms with Crippen molar-refractivity contribution in [1.29, 1.82) is 0 Å². The van der Waals surface area contributed by atoms with E-state index in [2.05, 4.69) is 4.98 Å². The summed E-state index contributed by atoms with van der Waals surface area (Å²) in [5, 5.41) is -0.917. The average molecular weight is 252 g/mol. The predicted octanol–water partition coefficient (Wildman–Crippen LogP) is 2.42. The Labute approximate surface area is 95.1 Å². The summed E-state index contributed by atoms with van der Waals surface area (Å²) in [6, 6.07) is 0.876. The zero-order valence-corrected chi connectivity index (χ0v) is 9.22. The lowest BCUT2D eigenvalue weighted by Gasteiger charge is -2.11. The second-order valence-corrected chi connectivity index (χ2v) is 3.05. The molecule has 1 aromatic heterocycles. The third-order valence-electron chi connectivity index (χ3n) is 1.79. The lowest BCUT2D eigenvalue weighted by Crippen LogP contribution is -2.04. The molecule has 1 rings (SSSR count). The standard InChI is InChI=1S/C9H8ClF2NO3/c1-15-6-4(7(10)14)3-5(8(11)12)13-9(6)16-2/h3,8H,1-2H3. The molecule has 88 valence electrons. The lowest BCUT2D eigenvalue weighted by atomic mass is 10.2. The minimum Gasteiger partial charge on any atom is -0.491 e. The van der Waals surface area contributed by atoms with Gasteiger partial charge in [-0.1, -0.05) is 0 Å². The smallest absolute Gasteiger partial charge is 0.280 e. The number of alkyl halides is 2. The Morgan fingerprint density at radius 1 is 1.44 bits per heavy atom. The van der Waals surface area contributed by atoms with Crippen LogP contribution < -0.4 is 9.47 Å². The largest absolute Gasteiger partial charge is 0.491 e. The number of rotatable bonds is 4. The molecule has 0 saturated heterocycles. The van der Waals surface area contributed by atoms with Crippen molar-refractivity contribution >= 4 is 16.8 Å². The predicted molar refractivity (Wildman–Crippen MR) is 52.5 cm³/mol. The van der Waals surface area contributed by atoms with Crippen LogP contribution >= 0.6 is 11.6 Å². The fraction of sp³-hybridized carbons (Fsp3) is 0.333. The molecule has 0 aliphatic carbocycles. The maximum atomic E-state index is 12.4. The molecule has 0 spiro atoms. The van der Waals surface area contributed by atoms with Crippen molar-refractivity contribution in [3.8, 4) is 11.6 Å². The number of hydrogen-bond donors (Lipinski definition) is 0. The maximum absolute atomic E-state index is 12.4. The van der Waals surface area contributed by atoms with Gasteiger partial charge in [0.2, 0.25) is 0 Å². The molecule has 0 aliphatic rings. The minimum absolute atomic E-state index is 0.0631. The van der Waals surface area contributed by atoms with Crippen LogP contribution in [-0.4, -0.2) is 24.4 Å². The first-order valence-corrected chi connectivity index (χ1v) is 4.50. The van der Waals surface area contributed by atoms with Crippen molar-refractivity contribution in [2.24, 2.45) is 0 Å². The highest BCUT2D eigenvalue weighted by molar-refractivity contribution is 6.68. The summed E-state index contributed by atoms with van der Waals surface area (Å²) < 4.78 is 34.5. The van der Waals surface area contributed by atoms with Gasteiger partial charge in [0.1, 0.15) is 5.69 Å². The fourth-order valence-electron chi connectivity index (χ4n) is 1.12. The van der Waals surface area contributed by atoms with Gasteiger partial charge in [0.15, 0.2) is 5.75 Å². The van der Waals surface area contributed by atoms with E-state index in [0.29, 0.717) is 0 Å². The van der Waals surface area contributed by atoms with Crippen LogP contribution in [0.15, 0.2) is 6.07 Å². The van der Waals surface area contributed by atoms with Crippen molar-refractivity contribution in [1.82, 2.24) is 4.98 Å². The number of aromatic nitrogens is 1. The number of pyridine rings is 1. The number of ether oxygens (including phenoxy) is 2. The van der Waals surface area contributed by atoms with Gasteiger partial charge in [0.25, 0.3) is 17.5 Å². The van der Waals surface area contributed by atoms with Crippen molar-refractivity contribution in [2.75, 3.05) is 14.2 Å². The molecule has 0 bridgehead atoms. The molecule has 0 radical (unpaired) electrons. The van der Waals surface area contributed by atoms with E-state index in [1.54, 1.807) is 0 Å². The normalized spacial score (nSPS) is 10.4. The van der Waals surface area contributed by atoms with Crippen LogP contribution in [0.3, 0.4) is 0 Å². The van der Waals surface area contributed by atoms with Gasteiger partial charge in [-0.15, -0.1) is 0 Å². The van der Waals surface area contributed by atoms with Crippen LogP contribution in [0.1, 0.15) is 22.5 Å². The van der Waals surface area contributed by atoms with Crippen molar-refractivity contribution < 1.29 is 23.0 Å². The second kappa shape index (κ2) is 5.07. The second-order valence-electron chi connectivity index (χ2n) is 2.71. The molecule has 16 heavy (non-hydrogen) atoms. The summed E-state index contributed by atoms with van der Waals surface area (Å²) in [5.74, 6) is -0.267. The summed E-state index contributed by atoms with van der Waals surface area (Å²) in [5.41, 5.74) is -0.798. The number of methoxy groups -OCH3 is 2. The summed E-state index contributed by atoms with van der Waals surface area (Å²) in [4.78, 5) is 14.5.